The van der Waals surface area contributed by atoms with Gasteiger partial charge in [-0.2, -0.15) is 4.98 Å². The van der Waals surface area contributed by atoms with E-state index in [0.717, 1.165) is 11.0 Å². The summed E-state index contributed by atoms with van der Waals surface area (Å²) < 4.78 is 35.5. The standard InChI is InChI=1S/C21H14ClFN4O4/c22-14-6-5-13(10-15(14)23)28-11-18-24-19(31-27-18)7-8-20-25-26-21(30-20)17-9-12-3-1-2-4-16(12)29-17/h1-6,9-10H,7-8,11H2. The van der Waals surface area contributed by atoms with Crippen LogP contribution in [0.3, 0.4) is 0 Å². The predicted octanol–water partition coefficient (Wildman–Crippen LogP) is 5.02. The van der Waals surface area contributed by atoms with Crippen LogP contribution in [-0.2, 0) is 19.4 Å². The minimum absolute atomic E-state index is 0.0266. The zero-order valence-corrected chi connectivity index (χ0v) is 16.7. The van der Waals surface area contributed by atoms with Crippen LogP contribution < -0.4 is 4.74 Å². The Morgan fingerprint density at radius 2 is 1.84 bits per heavy atom. The van der Waals surface area contributed by atoms with Crippen LogP contribution in [0, 0.1) is 5.82 Å². The summed E-state index contributed by atoms with van der Waals surface area (Å²) in [5.74, 6) is 1.72. The summed E-state index contributed by atoms with van der Waals surface area (Å²) in [7, 11) is 0. The highest BCUT2D eigenvalue weighted by Gasteiger charge is 2.15. The molecule has 0 unspecified atom stereocenters. The molecule has 5 aromatic rings. The second-order valence-electron chi connectivity index (χ2n) is 6.62. The molecule has 0 spiro atoms. The molecule has 31 heavy (non-hydrogen) atoms. The fraction of sp³-hybridized carbons (Fsp3) is 0.143. The van der Waals surface area contributed by atoms with E-state index in [1.807, 2.05) is 30.3 Å². The van der Waals surface area contributed by atoms with Gasteiger partial charge in [-0.15, -0.1) is 10.2 Å². The lowest BCUT2D eigenvalue weighted by Crippen LogP contribution is -1.99. The average Bonchev–Trinajstić information content (AvgIpc) is 3.52. The molecule has 2 aromatic carbocycles. The first-order valence-corrected chi connectivity index (χ1v) is 9.72. The quantitative estimate of drug-likeness (QED) is 0.347. The summed E-state index contributed by atoms with van der Waals surface area (Å²) in [6.45, 7) is 0.0291. The molecule has 8 nitrogen and oxygen atoms in total. The summed E-state index contributed by atoms with van der Waals surface area (Å²) >= 11 is 5.65. The van der Waals surface area contributed by atoms with Crippen LogP contribution in [0.25, 0.3) is 22.6 Å². The van der Waals surface area contributed by atoms with Crippen LogP contribution in [0.15, 0.2) is 61.9 Å². The molecule has 0 aliphatic heterocycles. The maximum Gasteiger partial charge on any atom is 0.283 e. The molecular weight excluding hydrogens is 427 g/mol. The van der Waals surface area contributed by atoms with E-state index in [2.05, 4.69) is 20.3 Å². The second-order valence-corrected chi connectivity index (χ2v) is 7.03. The van der Waals surface area contributed by atoms with E-state index >= 15 is 0 Å². The van der Waals surface area contributed by atoms with E-state index < -0.39 is 5.82 Å². The number of furan rings is 1. The average molecular weight is 441 g/mol. The van der Waals surface area contributed by atoms with Gasteiger partial charge >= 0.3 is 0 Å². The van der Waals surface area contributed by atoms with Crippen molar-refractivity contribution in [3.63, 3.8) is 0 Å². The van der Waals surface area contributed by atoms with Crippen molar-refractivity contribution in [2.45, 2.75) is 19.4 Å². The van der Waals surface area contributed by atoms with Gasteiger partial charge in [0.1, 0.15) is 17.1 Å². The smallest absolute Gasteiger partial charge is 0.283 e. The zero-order valence-electron chi connectivity index (χ0n) is 15.9. The number of aryl methyl sites for hydroxylation is 2. The van der Waals surface area contributed by atoms with Gasteiger partial charge in [0.05, 0.1) is 5.02 Å². The molecular formula is C21H14ClFN4O4. The van der Waals surface area contributed by atoms with Crippen molar-refractivity contribution in [1.82, 2.24) is 20.3 Å². The SMILES string of the molecule is Fc1cc(OCc2noc(CCc3nnc(-c4cc5ccccc5o4)o3)n2)ccc1Cl. The number of fused-ring (bicyclic) bond motifs is 1. The molecule has 0 radical (unpaired) electrons. The summed E-state index contributed by atoms with van der Waals surface area (Å²) in [6.07, 6.45) is 0.822. The van der Waals surface area contributed by atoms with Crippen molar-refractivity contribution in [1.29, 1.82) is 0 Å². The summed E-state index contributed by atoms with van der Waals surface area (Å²) in [4.78, 5) is 4.24. The number of para-hydroxylation sites is 1. The molecule has 0 amide bonds. The summed E-state index contributed by atoms with van der Waals surface area (Å²) in [5, 5.41) is 12.9. The van der Waals surface area contributed by atoms with Crippen molar-refractivity contribution in [2.75, 3.05) is 0 Å². The van der Waals surface area contributed by atoms with Crippen LogP contribution in [0.1, 0.15) is 17.6 Å². The van der Waals surface area contributed by atoms with Gasteiger partial charge in [-0.05, 0) is 24.3 Å². The molecule has 3 aromatic heterocycles. The van der Waals surface area contributed by atoms with E-state index in [-0.39, 0.29) is 11.6 Å². The van der Waals surface area contributed by atoms with Gasteiger partial charge in [0.25, 0.3) is 5.89 Å². The van der Waals surface area contributed by atoms with Crippen molar-refractivity contribution >= 4 is 22.6 Å². The van der Waals surface area contributed by atoms with Crippen molar-refractivity contribution in [3.05, 3.63) is 77.0 Å². The molecule has 5 rings (SSSR count). The number of halogens is 2. The summed E-state index contributed by atoms with van der Waals surface area (Å²) in [6, 6.07) is 13.7. The maximum absolute atomic E-state index is 13.4. The second kappa shape index (κ2) is 8.19. The number of nitrogens with zero attached hydrogens (tertiary/aromatic N) is 4. The number of ether oxygens (including phenoxy) is 1. The lowest BCUT2D eigenvalue weighted by molar-refractivity contribution is 0.283. The Morgan fingerprint density at radius 3 is 2.71 bits per heavy atom. The predicted molar refractivity (Wildman–Crippen MR) is 107 cm³/mol. The number of rotatable bonds is 7. The van der Waals surface area contributed by atoms with Gasteiger partial charge in [-0.1, -0.05) is 35.0 Å². The number of aromatic nitrogens is 4. The minimum Gasteiger partial charge on any atom is -0.485 e. The van der Waals surface area contributed by atoms with Crippen LogP contribution >= 0.6 is 11.6 Å². The Balaban J connectivity index is 1.18. The van der Waals surface area contributed by atoms with Crippen LogP contribution in [0.5, 0.6) is 5.75 Å². The van der Waals surface area contributed by atoms with Crippen LogP contribution in [-0.4, -0.2) is 20.3 Å². The first-order chi connectivity index (χ1) is 15.1. The molecule has 0 atom stereocenters. The third-order valence-corrected chi connectivity index (χ3v) is 4.73. The number of hydrogen-bond donors (Lipinski definition) is 0. The molecule has 0 saturated carbocycles. The third kappa shape index (κ3) is 4.26. The number of benzene rings is 2. The minimum atomic E-state index is -0.561. The molecule has 0 aliphatic rings. The molecule has 0 aliphatic carbocycles. The van der Waals surface area contributed by atoms with Crippen molar-refractivity contribution in [3.8, 4) is 17.4 Å². The van der Waals surface area contributed by atoms with Gasteiger partial charge in [0.15, 0.2) is 12.4 Å². The van der Waals surface area contributed by atoms with Gasteiger partial charge < -0.3 is 18.1 Å². The van der Waals surface area contributed by atoms with E-state index in [1.54, 1.807) is 6.07 Å². The molecule has 10 heteroatoms. The number of hydrogen-bond acceptors (Lipinski definition) is 8. The Kier molecular flexibility index (Phi) is 5.09. The zero-order chi connectivity index (χ0) is 21.2. The fourth-order valence-electron chi connectivity index (χ4n) is 2.92. The summed E-state index contributed by atoms with van der Waals surface area (Å²) in [5.41, 5.74) is 0.749. The monoisotopic (exact) mass is 440 g/mol. The topological polar surface area (TPSA) is 100 Å². The molecule has 3 heterocycles. The molecule has 0 saturated heterocycles. The van der Waals surface area contributed by atoms with Gasteiger partial charge in [0, 0.05) is 24.3 Å². The van der Waals surface area contributed by atoms with Gasteiger partial charge in [-0.3, -0.25) is 0 Å². The lowest BCUT2D eigenvalue weighted by atomic mass is 10.2. The van der Waals surface area contributed by atoms with E-state index in [0.29, 0.717) is 47.8 Å². The van der Waals surface area contributed by atoms with E-state index in [1.165, 1.54) is 12.1 Å². The van der Waals surface area contributed by atoms with Crippen LogP contribution in [0.2, 0.25) is 5.02 Å². The van der Waals surface area contributed by atoms with E-state index in [4.69, 9.17) is 29.7 Å². The van der Waals surface area contributed by atoms with Crippen molar-refractivity contribution < 1.29 is 22.5 Å². The third-order valence-electron chi connectivity index (χ3n) is 4.43. The first kappa shape index (κ1) is 19.3. The molecule has 156 valence electrons. The highest BCUT2D eigenvalue weighted by molar-refractivity contribution is 6.30. The normalized spacial score (nSPS) is 11.3. The first-order valence-electron chi connectivity index (χ1n) is 9.35. The van der Waals surface area contributed by atoms with Gasteiger partial charge in [0.2, 0.25) is 17.6 Å². The fourth-order valence-corrected chi connectivity index (χ4v) is 3.04. The Hall–Kier alpha value is -3.72. The van der Waals surface area contributed by atoms with E-state index in [9.17, 15) is 4.39 Å². The largest absolute Gasteiger partial charge is 0.485 e. The Labute approximate surface area is 179 Å². The van der Waals surface area contributed by atoms with Crippen LogP contribution in [0.4, 0.5) is 4.39 Å². The lowest BCUT2D eigenvalue weighted by Gasteiger charge is -2.03. The molecule has 0 fully saturated rings. The Morgan fingerprint density at radius 1 is 0.968 bits per heavy atom. The highest BCUT2D eigenvalue weighted by Crippen LogP contribution is 2.27. The maximum atomic E-state index is 13.4. The Bertz CT molecular complexity index is 1310. The molecule has 0 bridgehead atoms. The van der Waals surface area contributed by atoms with Crippen molar-refractivity contribution in [2.24, 2.45) is 0 Å². The molecule has 0 N–H and O–H groups in total. The van der Waals surface area contributed by atoms with Gasteiger partial charge in [-0.25, -0.2) is 4.39 Å². The highest BCUT2D eigenvalue weighted by atomic mass is 35.5.